The maximum atomic E-state index is 12.9. The number of ether oxygens (including phenoxy) is 1. The van der Waals surface area contributed by atoms with Crippen molar-refractivity contribution in [3.05, 3.63) is 71.4 Å². The van der Waals surface area contributed by atoms with Crippen LogP contribution in [0.2, 0.25) is 0 Å². The molecular weight excluding hydrogens is 416 g/mol. The monoisotopic (exact) mass is 444 g/mol. The molecule has 0 spiro atoms. The molecule has 0 radical (unpaired) electrons. The maximum absolute atomic E-state index is 12.9. The van der Waals surface area contributed by atoms with Crippen molar-refractivity contribution in [3.63, 3.8) is 0 Å². The molecule has 2 aromatic rings. The third kappa shape index (κ3) is 4.89. The highest BCUT2D eigenvalue weighted by Gasteiger charge is 2.33. The van der Waals surface area contributed by atoms with E-state index in [-0.39, 0.29) is 17.9 Å². The lowest BCUT2D eigenvalue weighted by atomic mass is 10.0. The number of aromatic nitrogens is 1. The second-order valence-corrected chi connectivity index (χ2v) is 8.64. The number of hydrogen-bond acceptors (Lipinski definition) is 5. The molecule has 5 rings (SSSR count). The van der Waals surface area contributed by atoms with Gasteiger partial charge in [0.25, 0.3) is 0 Å². The summed E-state index contributed by atoms with van der Waals surface area (Å²) in [6, 6.07) is 12.1. The van der Waals surface area contributed by atoms with Gasteiger partial charge in [-0.15, -0.1) is 0 Å². The molecule has 1 N–H and O–H groups in total. The van der Waals surface area contributed by atoms with Crippen LogP contribution < -0.4 is 5.32 Å². The first kappa shape index (κ1) is 21.6. The number of anilines is 1. The second kappa shape index (κ2) is 9.68. The highest BCUT2D eigenvalue weighted by atomic mass is 16.5. The number of fused-ring (bicyclic) bond motifs is 2. The number of carbonyl (C=O) groups excluding carboxylic acids is 2. The number of rotatable bonds is 3. The molecule has 33 heavy (non-hydrogen) atoms. The molecule has 1 saturated heterocycles. The molecule has 0 bridgehead atoms. The first-order chi connectivity index (χ1) is 16.2. The van der Waals surface area contributed by atoms with E-state index in [2.05, 4.69) is 33.4 Å². The second-order valence-electron chi connectivity index (χ2n) is 8.64. The average molecular weight is 445 g/mol. The largest absolute Gasteiger partial charge is 0.378 e. The van der Waals surface area contributed by atoms with Crippen molar-refractivity contribution in [3.8, 4) is 0 Å². The summed E-state index contributed by atoms with van der Waals surface area (Å²) in [5.74, 6) is 0.504. The Morgan fingerprint density at radius 3 is 2.97 bits per heavy atom. The van der Waals surface area contributed by atoms with Crippen LogP contribution in [0.5, 0.6) is 0 Å². The fraction of sp³-hybridized carbons (Fsp3) is 0.346. The number of pyridine rings is 1. The summed E-state index contributed by atoms with van der Waals surface area (Å²) in [7, 11) is 0. The van der Waals surface area contributed by atoms with E-state index in [4.69, 9.17) is 4.74 Å². The lowest BCUT2D eigenvalue weighted by molar-refractivity contribution is -0.127. The number of amides is 2. The van der Waals surface area contributed by atoms with E-state index in [1.807, 2.05) is 35.2 Å². The van der Waals surface area contributed by atoms with Crippen LogP contribution in [-0.2, 0) is 20.9 Å². The van der Waals surface area contributed by atoms with Gasteiger partial charge < -0.3 is 15.0 Å². The minimum Gasteiger partial charge on any atom is -0.378 e. The Bertz CT molecular complexity index is 1100. The van der Waals surface area contributed by atoms with Gasteiger partial charge in [-0.25, -0.2) is 4.98 Å². The Balaban J connectivity index is 1.27. The van der Waals surface area contributed by atoms with Crippen molar-refractivity contribution in [2.45, 2.75) is 25.4 Å². The summed E-state index contributed by atoms with van der Waals surface area (Å²) in [6.07, 6.45) is 9.21. The Hall–Kier alpha value is -3.29. The number of allylic oxidation sites excluding steroid dienone is 1. The van der Waals surface area contributed by atoms with E-state index >= 15 is 0 Å². The molecule has 1 unspecified atom stereocenters. The van der Waals surface area contributed by atoms with Gasteiger partial charge in [-0.1, -0.05) is 36.4 Å². The zero-order valence-electron chi connectivity index (χ0n) is 18.6. The highest BCUT2D eigenvalue weighted by Crippen LogP contribution is 2.25. The van der Waals surface area contributed by atoms with Crippen molar-refractivity contribution in [2.24, 2.45) is 0 Å². The van der Waals surface area contributed by atoms with Gasteiger partial charge in [0, 0.05) is 44.0 Å². The molecule has 2 amide bonds. The Morgan fingerprint density at radius 1 is 1.21 bits per heavy atom. The first-order valence-corrected chi connectivity index (χ1v) is 11.5. The number of hydrogen-bond donors (Lipinski definition) is 1. The quantitative estimate of drug-likeness (QED) is 0.737. The molecule has 170 valence electrons. The summed E-state index contributed by atoms with van der Waals surface area (Å²) >= 11 is 0. The van der Waals surface area contributed by atoms with Gasteiger partial charge in [-0.05, 0) is 41.7 Å². The van der Waals surface area contributed by atoms with Gasteiger partial charge in [-0.2, -0.15) is 0 Å². The molecule has 7 heteroatoms. The predicted octanol–water partition coefficient (Wildman–Crippen LogP) is 2.95. The highest BCUT2D eigenvalue weighted by molar-refractivity contribution is 5.96. The summed E-state index contributed by atoms with van der Waals surface area (Å²) in [5, 5.41) is 2.91. The van der Waals surface area contributed by atoms with E-state index in [1.165, 1.54) is 11.1 Å². The Labute approximate surface area is 193 Å². The van der Waals surface area contributed by atoms with Gasteiger partial charge in [0.15, 0.2) is 0 Å². The summed E-state index contributed by atoms with van der Waals surface area (Å²) in [6.45, 7) is 3.71. The third-order valence-electron chi connectivity index (χ3n) is 6.45. The van der Waals surface area contributed by atoms with Crippen LogP contribution in [0, 0.1) is 0 Å². The molecule has 1 aromatic heterocycles. The van der Waals surface area contributed by atoms with Gasteiger partial charge in [0.1, 0.15) is 11.9 Å². The molecule has 3 aliphatic heterocycles. The maximum Gasteiger partial charge on any atom is 0.246 e. The predicted molar refractivity (Wildman–Crippen MR) is 127 cm³/mol. The van der Waals surface area contributed by atoms with Gasteiger partial charge in [0.2, 0.25) is 11.8 Å². The summed E-state index contributed by atoms with van der Waals surface area (Å²) < 4.78 is 5.47. The Kier molecular flexibility index (Phi) is 6.32. The topological polar surface area (TPSA) is 74.8 Å². The lowest BCUT2D eigenvalue weighted by Gasteiger charge is -2.32. The summed E-state index contributed by atoms with van der Waals surface area (Å²) in [4.78, 5) is 33.8. The van der Waals surface area contributed by atoms with Crippen LogP contribution in [-0.4, -0.2) is 65.5 Å². The Morgan fingerprint density at radius 2 is 2.09 bits per heavy atom. The molecule has 1 aromatic carbocycles. The summed E-state index contributed by atoms with van der Waals surface area (Å²) in [5.41, 5.74) is 4.33. The molecular formula is C26H28N4O3. The van der Waals surface area contributed by atoms with E-state index < -0.39 is 0 Å². The fourth-order valence-electron chi connectivity index (χ4n) is 4.60. The van der Waals surface area contributed by atoms with E-state index in [0.29, 0.717) is 38.7 Å². The molecule has 3 aliphatic rings. The molecule has 7 nitrogen and oxygen atoms in total. The molecule has 1 fully saturated rings. The van der Waals surface area contributed by atoms with Gasteiger partial charge in [0.05, 0.1) is 13.2 Å². The SMILES string of the molecule is O=C1Nc2ncc(C=CC(=O)N3CC=C(c4ccccc4)CCC3)cc2CN2CCOCC12. The minimum atomic E-state index is -0.287. The zero-order chi connectivity index (χ0) is 22.6. The average Bonchev–Trinajstić information content (AvgIpc) is 3.18. The van der Waals surface area contributed by atoms with Crippen molar-refractivity contribution in [2.75, 3.05) is 38.2 Å². The van der Waals surface area contributed by atoms with Crippen molar-refractivity contribution in [1.82, 2.24) is 14.8 Å². The van der Waals surface area contributed by atoms with Crippen LogP contribution in [0.25, 0.3) is 11.6 Å². The number of nitrogens with one attached hydrogen (secondary N) is 1. The fourth-order valence-corrected chi connectivity index (χ4v) is 4.60. The number of nitrogens with zero attached hydrogens (tertiary/aromatic N) is 3. The van der Waals surface area contributed by atoms with Gasteiger partial charge >= 0.3 is 0 Å². The van der Waals surface area contributed by atoms with E-state index in [1.54, 1.807) is 12.3 Å². The number of morpholine rings is 1. The van der Waals surface area contributed by atoms with Crippen molar-refractivity contribution in [1.29, 1.82) is 0 Å². The van der Waals surface area contributed by atoms with Crippen LogP contribution in [0.3, 0.4) is 0 Å². The van der Waals surface area contributed by atoms with Crippen LogP contribution in [0.4, 0.5) is 5.82 Å². The standard InChI is InChI=1S/C26H28N4O3/c31-24(29-11-4-7-21(10-12-29)20-5-2-1-3-6-20)9-8-19-15-22-17-30-13-14-33-18-23(30)26(32)28-25(22)27-16-19/h1-3,5-6,8-10,15-16,23H,4,7,11-14,17-18H2,(H,27,28,32). The molecule has 1 atom stereocenters. The first-order valence-electron chi connectivity index (χ1n) is 11.5. The third-order valence-corrected chi connectivity index (χ3v) is 6.45. The molecule has 0 aliphatic carbocycles. The van der Waals surface area contributed by atoms with Crippen LogP contribution >= 0.6 is 0 Å². The van der Waals surface area contributed by atoms with E-state index in [9.17, 15) is 9.59 Å². The van der Waals surface area contributed by atoms with Crippen LogP contribution in [0.1, 0.15) is 29.5 Å². The number of benzene rings is 1. The zero-order valence-corrected chi connectivity index (χ0v) is 18.6. The van der Waals surface area contributed by atoms with Crippen molar-refractivity contribution < 1.29 is 14.3 Å². The minimum absolute atomic E-state index is 0.00273. The van der Waals surface area contributed by atoms with Crippen molar-refractivity contribution >= 4 is 29.3 Å². The van der Waals surface area contributed by atoms with Gasteiger partial charge in [-0.3, -0.25) is 14.5 Å². The smallest absolute Gasteiger partial charge is 0.246 e. The normalized spacial score (nSPS) is 21.5. The van der Waals surface area contributed by atoms with E-state index in [0.717, 1.165) is 30.5 Å². The van der Waals surface area contributed by atoms with Crippen LogP contribution in [0.15, 0.2) is 54.7 Å². The molecule has 4 heterocycles. The lowest BCUT2D eigenvalue weighted by Crippen LogP contribution is -2.49. The molecule has 0 saturated carbocycles. The number of carbonyl (C=O) groups is 2.